The van der Waals surface area contributed by atoms with Gasteiger partial charge in [0.15, 0.2) is 0 Å². The van der Waals surface area contributed by atoms with Crippen molar-refractivity contribution in [2.24, 2.45) is 4.99 Å². The molecule has 5 heterocycles. The normalized spacial score (nSPS) is 16.0. The Morgan fingerprint density at radius 1 is 1.01 bits per heavy atom. The molecule has 4 amide bonds. The van der Waals surface area contributed by atoms with Crippen molar-refractivity contribution in [3.63, 3.8) is 0 Å². The van der Waals surface area contributed by atoms with E-state index in [0.717, 1.165) is 40.2 Å². The number of nitrogens with zero attached hydrogens (tertiary/aromatic N) is 7. The molecular formula is C51H57ClN10O7S. The monoisotopic (exact) mass is 988 g/mol. The molecule has 1 fully saturated rings. The van der Waals surface area contributed by atoms with Gasteiger partial charge in [-0.3, -0.25) is 49.9 Å². The number of carbonyl (C=O) groups excluding carboxylic acids is 4. The maximum Gasteiger partial charge on any atom is 0.255 e. The number of nitrogens with one attached hydrogen (secondary N) is 3. The first-order valence-corrected chi connectivity index (χ1v) is 24.4. The number of hydrogen-bond donors (Lipinski definition) is 3. The summed E-state index contributed by atoms with van der Waals surface area (Å²) >= 11 is 7.69. The molecule has 366 valence electrons. The van der Waals surface area contributed by atoms with Crippen LogP contribution in [0.3, 0.4) is 0 Å². The van der Waals surface area contributed by atoms with Gasteiger partial charge in [-0.15, -0.1) is 11.3 Å². The highest BCUT2D eigenvalue weighted by molar-refractivity contribution is 7.17. The number of halogens is 1. The van der Waals surface area contributed by atoms with Crippen LogP contribution >= 0.6 is 22.9 Å². The number of likely N-dealkylation sites (N-methyl/N-ethyl adjacent to an activating group) is 1. The van der Waals surface area contributed by atoms with Crippen molar-refractivity contribution >= 4 is 69.5 Å². The Bertz CT molecular complexity index is 2760. The molecule has 19 heteroatoms. The van der Waals surface area contributed by atoms with Crippen molar-refractivity contribution in [1.29, 1.82) is 10.8 Å². The maximum atomic E-state index is 13.6. The van der Waals surface area contributed by atoms with E-state index in [-0.39, 0.29) is 43.1 Å². The van der Waals surface area contributed by atoms with Crippen LogP contribution in [-0.4, -0.2) is 151 Å². The van der Waals surface area contributed by atoms with Crippen LogP contribution in [0.4, 0.5) is 5.00 Å². The quantitative estimate of drug-likeness (QED) is 0.0403. The number of aromatic nitrogens is 2. The predicted octanol–water partition coefficient (Wildman–Crippen LogP) is 4.97. The number of benzene rings is 2. The number of carbonyl (C=O) groups is 4. The van der Waals surface area contributed by atoms with E-state index in [1.807, 2.05) is 50.2 Å². The Morgan fingerprint density at radius 3 is 2.46 bits per heavy atom. The summed E-state index contributed by atoms with van der Waals surface area (Å²) in [6.45, 7) is 11.1. The standard InChI is InChI=1S/C51H57ClN10O7S/c1-5-8-43(49(65)55-33-63)61-32-41-37(9-6-11-40(41)50(61)66)10-7-23-67-25-27-69-28-26-68-24-22-60-31-36(30-56-60)12-17-44-34(2)46-47(38-13-15-39(52)16-14-38)57-42(48(54)62(35(3)53)51(46)70-44)29-45(64)59-20-18-58(4)19-21-59/h6,9,11,13-16,30-31,33,42-43,53-54H,5,8,18-29,32H2,1-4H3,(H,55,63,65)/t42-,43?/m0/s1. The van der Waals surface area contributed by atoms with Gasteiger partial charge in [0, 0.05) is 66.2 Å². The predicted molar refractivity (Wildman–Crippen MR) is 269 cm³/mol. The highest BCUT2D eigenvalue weighted by Gasteiger charge is 2.38. The molecule has 3 N–H and O–H groups in total. The summed E-state index contributed by atoms with van der Waals surface area (Å²) in [6.07, 6.45) is 5.02. The summed E-state index contributed by atoms with van der Waals surface area (Å²) in [6, 6.07) is 11.1. The lowest BCUT2D eigenvalue weighted by Crippen LogP contribution is -2.49. The molecular weight excluding hydrogens is 932 g/mol. The number of anilines is 1. The molecule has 70 heavy (non-hydrogen) atoms. The molecule has 3 aliphatic rings. The lowest BCUT2D eigenvalue weighted by atomic mass is 9.99. The van der Waals surface area contributed by atoms with Gasteiger partial charge in [-0.25, -0.2) is 0 Å². The van der Waals surface area contributed by atoms with Crippen LogP contribution in [-0.2, 0) is 41.7 Å². The molecule has 17 nitrogen and oxygen atoms in total. The van der Waals surface area contributed by atoms with Crippen molar-refractivity contribution < 1.29 is 33.4 Å². The van der Waals surface area contributed by atoms with Gasteiger partial charge in [-0.2, -0.15) is 5.10 Å². The first-order valence-electron chi connectivity index (χ1n) is 23.2. The van der Waals surface area contributed by atoms with Gasteiger partial charge in [0.2, 0.25) is 18.2 Å². The highest BCUT2D eigenvalue weighted by Crippen LogP contribution is 2.40. The molecule has 0 aliphatic carbocycles. The van der Waals surface area contributed by atoms with E-state index < -0.39 is 18.0 Å². The van der Waals surface area contributed by atoms with Crippen molar-refractivity contribution in [2.45, 2.75) is 65.2 Å². The summed E-state index contributed by atoms with van der Waals surface area (Å²) in [7, 11) is 2.04. The van der Waals surface area contributed by atoms with Gasteiger partial charge in [0.05, 0.1) is 68.3 Å². The average Bonchev–Trinajstić information content (AvgIpc) is 4.02. The fourth-order valence-electron chi connectivity index (χ4n) is 8.36. The summed E-state index contributed by atoms with van der Waals surface area (Å²) in [5.74, 6) is 12.0. The Hall–Kier alpha value is -6.51. The van der Waals surface area contributed by atoms with Crippen molar-refractivity contribution in [1.82, 2.24) is 29.8 Å². The zero-order valence-corrected chi connectivity index (χ0v) is 41.4. The third-order valence-electron chi connectivity index (χ3n) is 12.1. The second-order valence-corrected chi connectivity index (χ2v) is 18.4. The topological polar surface area (TPSA) is 199 Å². The Kier molecular flexibility index (Phi) is 17.9. The van der Waals surface area contributed by atoms with Crippen molar-refractivity contribution in [2.75, 3.05) is 77.8 Å². The number of hydrogen-bond acceptors (Lipinski definition) is 13. The Morgan fingerprint density at radius 2 is 1.74 bits per heavy atom. The van der Waals surface area contributed by atoms with Crippen LogP contribution in [0, 0.1) is 41.4 Å². The number of imide groups is 1. The van der Waals surface area contributed by atoms with Crippen molar-refractivity contribution in [3.05, 3.63) is 104 Å². The molecule has 0 bridgehead atoms. The summed E-state index contributed by atoms with van der Waals surface area (Å²) in [5, 5.41) is 26.0. The lowest BCUT2D eigenvalue weighted by molar-refractivity contribution is -0.133. The second kappa shape index (κ2) is 24.4. The summed E-state index contributed by atoms with van der Waals surface area (Å²) in [4.78, 5) is 63.2. The molecule has 2 aromatic heterocycles. The second-order valence-electron chi connectivity index (χ2n) is 16.9. The molecule has 0 spiro atoms. The Balaban J connectivity index is 0.882. The fourth-order valence-corrected chi connectivity index (χ4v) is 9.71. The zero-order chi connectivity index (χ0) is 49.7. The zero-order valence-electron chi connectivity index (χ0n) is 39.8. The third-order valence-corrected chi connectivity index (χ3v) is 13.5. The minimum absolute atomic E-state index is 0.0174. The van der Waals surface area contributed by atoms with Crippen molar-refractivity contribution in [3.8, 4) is 23.7 Å². The van der Waals surface area contributed by atoms with Gasteiger partial charge in [0.25, 0.3) is 5.91 Å². The number of piperazine rings is 1. The molecule has 3 aliphatic heterocycles. The van der Waals surface area contributed by atoms with Gasteiger partial charge in [-0.05, 0) is 62.7 Å². The Labute approximate surface area is 417 Å². The highest BCUT2D eigenvalue weighted by atomic mass is 35.5. The van der Waals surface area contributed by atoms with E-state index in [1.165, 1.54) is 16.2 Å². The third kappa shape index (κ3) is 12.4. The minimum Gasteiger partial charge on any atom is -0.377 e. The van der Waals surface area contributed by atoms with Crippen LogP contribution < -0.4 is 10.2 Å². The summed E-state index contributed by atoms with van der Waals surface area (Å²) < 4.78 is 18.8. The van der Waals surface area contributed by atoms with Gasteiger partial charge < -0.3 is 28.9 Å². The first kappa shape index (κ1) is 51.3. The molecule has 1 unspecified atom stereocenters. The number of amidine groups is 2. The molecule has 7 rings (SSSR count). The van der Waals surface area contributed by atoms with E-state index >= 15 is 0 Å². The van der Waals surface area contributed by atoms with E-state index in [4.69, 9.17) is 36.2 Å². The molecule has 1 saturated heterocycles. The minimum atomic E-state index is -0.806. The fraction of sp³-hybridized carbons (Fsp3) is 0.412. The average molecular weight is 990 g/mol. The van der Waals surface area contributed by atoms with Gasteiger partial charge in [0.1, 0.15) is 35.4 Å². The largest absolute Gasteiger partial charge is 0.377 e. The van der Waals surface area contributed by atoms with Gasteiger partial charge >= 0.3 is 0 Å². The maximum absolute atomic E-state index is 13.6. The molecule has 2 aromatic carbocycles. The number of ether oxygens (including phenoxy) is 3. The van der Waals surface area contributed by atoms with Crippen LogP contribution in [0.1, 0.15) is 81.7 Å². The van der Waals surface area contributed by atoms with Gasteiger partial charge in [-0.1, -0.05) is 66.8 Å². The van der Waals surface area contributed by atoms with Crippen LogP contribution in [0.25, 0.3) is 0 Å². The smallest absolute Gasteiger partial charge is 0.255 e. The number of aliphatic imine (C=N–C) groups is 1. The molecule has 4 aromatic rings. The van der Waals surface area contributed by atoms with Crippen LogP contribution in [0.2, 0.25) is 5.02 Å². The molecule has 2 atom stereocenters. The number of amides is 4. The SMILES string of the molecule is CCCC(C(=O)NC=O)N1Cc2c(C#CCOCCOCCOCCn3cc(C#Cc4sc5c(c4C)C(c4ccc(Cl)cc4)=N[C@@H](CC(=O)N4CCN(C)CC4)C(=N)N5C(C)=N)cn3)cccc2C1=O. The first-order chi connectivity index (χ1) is 33.9. The molecule has 0 saturated carbocycles. The van der Waals surface area contributed by atoms with E-state index in [2.05, 4.69) is 39.0 Å². The lowest BCUT2D eigenvalue weighted by Gasteiger charge is -2.33. The summed E-state index contributed by atoms with van der Waals surface area (Å²) in [5.41, 5.74) is 5.69. The number of rotatable bonds is 18. The van der Waals surface area contributed by atoms with E-state index in [1.54, 1.807) is 47.0 Å². The van der Waals surface area contributed by atoms with E-state index in [9.17, 15) is 24.6 Å². The molecule has 0 radical (unpaired) electrons. The number of thiophene rings is 1. The van der Waals surface area contributed by atoms with E-state index in [0.29, 0.717) is 104 Å². The van der Waals surface area contributed by atoms with Crippen LogP contribution in [0.5, 0.6) is 0 Å². The number of fused-ring (bicyclic) bond motifs is 2. The van der Waals surface area contributed by atoms with Crippen LogP contribution in [0.15, 0.2) is 59.9 Å².